The van der Waals surface area contributed by atoms with Crippen LogP contribution in [0.5, 0.6) is 0 Å². The quantitative estimate of drug-likeness (QED) is 0.0320. The highest BCUT2D eigenvalue weighted by Crippen LogP contribution is 2.19. The third-order valence-corrected chi connectivity index (χ3v) is 16.1. The first kappa shape index (κ1) is 72.6. The van der Waals surface area contributed by atoms with Gasteiger partial charge in [0.05, 0.1) is 25.4 Å². The Labute approximate surface area is 463 Å². The molecule has 0 saturated carbocycles. The van der Waals surface area contributed by atoms with Crippen molar-refractivity contribution in [2.24, 2.45) is 0 Å². The number of aliphatic hydroxyl groups excluding tert-OH is 2. The monoisotopic (exact) mass is 1040 g/mol. The molecule has 2 atom stereocenters. The average Bonchev–Trinajstić information content (AvgIpc) is 3.40. The molecular formula is C68H133NO5. The summed E-state index contributed by atoms with van der Waals surface area (Å²) < 4.78 is 5.49. The van der Waals surface area contributed by atoms with Crippen LogP contribution < -0.4 is 5.32 Å². The maximum atomic E-state index is 12.5. The first-order valence-corrected chi connectivity index (χ1v) is 33.9. The van der Waals surface area contributed by atoms with Gasteiger partial charge < -0.3 is 20.3 Å². The third-order valence-electron chi connectivity index (χ3n) is 16.1. The SMILES string of the molecule is CCCCCCCCCCCCCCCCCCCCCCCCCCC(O)C(CO)NC(=O)CCCCCCC/C=C\CCCCCCCCCOC(=O)CCCCCCCCCCCCCCCCCCC. The molecule has 0 rings (SSSR count). The summed E-state index contributed by atoms with van der Waals surface area (Å²) in [7, 11) is 0. The van der Waals surface area contributed by atoms with E-state index in [4.69, 9.17) is 4.74 Å². The molecule has 0 heterocycles. The Hall–Kier alpha value is -1.40. The zero-order valence-corrected chi connectivity index (χ0v) is 50.4. The van der Waals surface area contributed by atoms with E-state index in [9.17, 15) is 19.8 Å². The van der Waals surface area contributed by atoms with Crippen LogP contribution in [0, 0.1) is 0 Å². The second kappa shape index (κ2) is 64.1. The number of carbonyl (C=O) groups excluding carboxylic acids is 2. The van der Waals surface area contributed by atoms with E-state index in [0.29, 0.717) is 25.9 Å². The van der Waals surface area contributed by atoms with Gasteiger partial charge in [0.25, 0.3) is 0 Å². The van der Waals surface area contributed by atoms with Crippen molar-refractivity contribution in [3.63, 3.8) is 0 Å². The van der Waals surface area contributed by atoms with Gasteiger partial charge in [-0.25, -0.2) is 0 Å². The predicted octanol–water partition coefficient (Wildman–Crippen LogP) is 21.6. The fraction of sp³-hybridized carbons (Fsp3) is 0.941. The smallest absolute Gasteiger partial charge is 0.305 e. The van der Waals surface area contributed by atoms with Crippen LogP contribution in [0.1, 0.15) is 386 Å². The van der Waals surface area contributed by atoms with Crippen molar-refractivity contribution in [1.82, 2.24) is 5.32 Å². The molecule has 0 bridgehead atoms. The summed E-state index contributed by atoms with van der Waals surface area (Å²) in [5.74, 6) is -0.0445. The molecule has 0 fully saturated rings. The molecule has 6 heteroatoms. The zero-order chi connectivity index (χ0) is 53.6. The molecular weight excluding hydrogens is 911 g/mol. The minimum atomic E-state index is -0.676. The standard InChI is InChI=1S/C68H133NO5/c1-3-5-7-9-11-13-15-17-19-21-22-23-24-25-26-27-29-32-36-40-44-48-52-56-60-66(71)65(64-70)69-67(72)61-57-53-49-45-41-37-33-30-31-35-39-43-47-51-55-59-63-74-68(73)62-58-54-50-46-42-38-34-28-20-18-16-14-12-10-8-6-4-2/h30,33,65-66,70-71H,3-29,31-32,34-64H2,1-2H3,(H,69,72)/b33-30-. The maximum Gasteiger partial charge on any atom is 0.305 e. The van der Waals surface area contributed by atoms with Crippen LogP contribution in [-0.4, -0.2) is 47.4 Å². The first-order valence-electron chi connectivity index (χ1n) is 33.9. The fourth-order valence-corrected chi connectivity index (χ4v) is 10.9. The van der Waals surface area contributed by atoms with Crippen LogP contribution in [0.3, 0.4) is 0 Å². The lowest BCUT2D eigenvalue weighted by molar-refractivity contribution is -0.143. The fourth-order valence-electron chi connectivity index (χ4n) is 10.9. The van der Waals surface area contributed by atoms with Crippen LogP contribution in [-0.2, 0) is 14.3 Å². The Balaban J connectivity index is 3.43. The highest BCUT2D eigenvalue weighted by atomic mass is 16.5. The van der Waals surface area contributed by atoms with Gasteiger partial charge in [0, 0.05) is 12.8 Å². The summed E-state index contributed by atoms with van der Waals surface area (Å²) in [6.45, 7) is 4.97. The molecule has 0 aromatic heterocycles. The molecule has 74 heavy (non-hydrogen) atoms. The number of aliphatic hydroxyl groups is 2. The summed E-state index contributed by atoms with van der Waals surface area (Å²) in [5.41, 5.74) is 0. The maximum absolute atomic E-state index is 12.5. The number of hydrogen-bond acceptors (Lipinski definition) is 5. The van der Waals surface area contributed by atoms with E-state index in [0.717, 1.165) is 64.2 Å². The summed E-state index contributed by atoms with van der Waals surface area (Å²) in [4.78, 5) is 24.6. The van der Waals surface area contributed by atoms with E-state index in [1.165, 1.54) is 289 Å². The number of unbranched alkanes of at least 4 members (excludes halogenated alkanes) is 51. The molecule has 0 aliphatic carbocycles. The summed E-state index contributed by atoms with van der Waals surface area (Å²) in [6.07, 6.45) is 78.1. The summed E-state index contributed by atoms with van der Waals surface area (Å²) in [5, 5.41) is 23.4. The van der Waals surface area contributed by atoms with Crippen LogP contribution in [0.15, 0.2) is 12.2 Å². The lowest BCUT2D eigenvalue weighted by Crippen LogP contribution is -2.45. The van der Waals surface area contributed by atoms with Gasteiger partial charge >= 0.3 is 5.97 Å². The lowest BCUT2D eigenvalue weighted by atomic mass is 10.0. The van der Waals surface area contributed by atoms with Gasteiger partial charge in [0.1, 0.15) is 0 Å². The zero-order valence-electron chi connectivity index (χ0n) is 50.4. The van der Waals surface area contributed by atoms with E-state index in [-0.39, 0.29) is 18.5 Å². The number of allylic oxidation sites excluding steroid dienone is 2. The number of esters is 1. The number of rotatable bonds is 64. The van der Waals surface area contributed by atoms with Crippen molar-refractivity contribution in [3.8, 4) is 0 Å². The van der Waals surface area contributed by atoms with E-state index in [1.54, 1.807) is 0 Å². The average molecular weight is 1040 g/mol. The molecule has 2 unspecified atom stereocenters. The number of nitrogens with one attached hydrogen (secondary N) is 1. The van der Waals surface area contributed by atoms with E-state index in [2.05, 4.69) is 31.3 Å². The number of amides is 1. The van der Waals surface area contributed by atoms with E-state index < -0.39 is 12.1 Å². The third kappa shape index (κ3) is 59.8. The van der Waals surface area contributed by atoms with Crippen molar-refractivity contribution >= 4 is 11.9 Å². The molecule has 0 spiro atoms. The summed E-state index contributed by atoms with van der Waals surface area (Å²) in [6, 6.07) is -0.554. The lowest BCUT2D eigenvalue weighted by Gasteiger charge is -2.22. The van der Waals surface area contributed by atoms with Gasteiger partial charge in [-0.2, -0.15) is 0 Å². The Morgan fingerprint density at radius 2 is 0.635 bits per heavy atom. The van der Waals surface area contributed by atoms with Crippen molar-refractivity contribution in [2.45, 2.75) is 398 Å². The van der Waals surface area contributed by atoms with Gasteiger partial charge in [0.15, 0.2) is 0 Å². The first-order chi connectivity index (χ1) is 36.5. The van der Waals surface area contributed by atoms with E-state index >= 15 is 0 Å². The van der Waals surface area contributed by atoms with Gasteiger partial charge in [-0.05, 0) is 51.4 Å². The highest BCUT2D eigenvalue weighted by Gasteiger charge is 2.20. The number of carbonyl (C=O) groups is 2. The van der Waals surface area contributed by atoms with Gasteiger partial charge in [-0.15, -0.1) is 0 Å². The molecule has 0 aliphatic rings. The van der Waals surface area contributed by atoms with Crippen LogP contribution in [0.2, 0.25) is 0 Å². The normalized spacial score (nSPS) is 12.5. The molecule has 0 aliphatic heterocycles. The van der Waals surface area contributed by atoms with Crippen LogP contribution in [0.25, 0.3) is 0 Å². The van der Waals surface area contributed by atoms with Crippen LogP contribution >= 0.6 is 0 Å². The number of hydrogen-bond donors (Lipinski definition) is 3. The topological polar surface area (TPSA) is 95.9 Å². The highest BCUT2D eigenvalue weighted by molar-refractivity contribution is 5.76. The second-order valence-corrected chi connectivity index (χ2v) is 23.5. The largest absolute Gasteiger partial charge is 0.466 e. The molecule has 0 saturated heterocycles. The Morgan fingerprint density at radius 3 is 0.959 bits per heavy atom. The van der Waals surface area contributed by atoms with Gasteiger partial charge in [0.2, 0.25) is 5.91 Å². The molecule has 440 valence electrons. The van der Waals surface area contributed by atoms with Gasteiger partial charge in [-0.3, -0.25) is 9.59 Å². The molecule has 0 radical (unpaired) electrons. The van der Waals surface area contributed by atoms with Crippen molar-refractivity contribution in [3.05, 3.63) is 12.2 Å². The second-order valence-electron chi connectivity index (χ2n) is 23.5. The molecule has 0 aromatic rings. The minimum absolute atomic E-state index is 0.00257. The van der Waals surface area contributed by atoms with Crippen molar-refractivity contribution < 1.29 is 24.5 Å². The molecule has 6 nitrogen and oxygen atoms in total. The van der Waals surface area contributed by atoms with E-state index in [1.807, 2.05) is 0 Å². The Kier molecular flexibility index (Phi) is 62.9. The van der Waals surface area contributed by atoms with Crippen molar-refractivity contribution in [1.29, 1.82) is 0 Å². The minimum Gasteiger partial charge on any atom is -0.466 e. The van der Waals surface area contributed by atoms with Crippen LogP contribution in [0.4, 0.5) is 0 Å². The number of ether oxygens (including phenoxy) is 1. The summed E-state index contributed by atoms with van der Waals surface area (Å²) >= 11 is 0. The molecule has 0 aromatic carbocycles. The van der Waals surface area contributed by atoms with Crippen molar-refractivity contribution in [2.75, 3.05) is 13.2 Å². The Morgan fingerprint density at radius 1 is 0.365 bits per heavy atom. The molecule has 1 amide bonds. The molecule has 3 N–H and O–H groups in total. The van der Waals surface area contributed by atoms with Gasteiger partial charge in [-0.1, -0.05) is 334 Å². The predicted molar refractivity (Wildman–Crippen MR) is 324 cm³/mol. The Bertz CT molecular complexity index is 1110.